The molecule has 0 fully saturated rings. The van der Waals surface area contributed by atoms with Gasteiger partial charge in [-0.15, -0.1) is 0 Å². The molecule has 0 aromatic rings. The number of rotatable bonds is 3. The summed E-state index contributed by atoms with van der Waals surface area (Å²) in [6.07, 6.45) is -0.299. The second-order valence-corrected chi connectivity index (χ2v) is 3.74. The van der Waals surface area contributed by atoms with Crippen LogP contribution in [0.3, 0.4) is 0 Å². The van der Waals surface area contributed by atoms with Gasteiger partial charge >= 0.3 is 11.9 Å². The Labute approximate surface area is 93.5 Å². The van der Waals surface area contributed by atoms with Crippen molar-refractivity contribution in [2.75, 3.05) is 0 Å². The first kappa shape index (κ1) is 15.9. The fourth-order valence-corrected chi connectivity index (χ4v) is 0.650. The number of carbonyl (C=O) groups excluding carboxylic acids is 1. The number of hydrogen-bond donors (Lipinski definition) is 2. The Balaban J connectivity index is 0. The molecule has 0 saturated carbocycles. The number of esters is 1. The van der Waals surface area contributed by atoms with Gasteiger partial charge in [-0.05, 0) is 20.8 Å². The molecule has 0 aromatic carbocycles. The van der Waals surface area contributed by atoms with E-state index in [1.165, 1.54) is 0 Å². The maximum absolute atomic E-state index is 11.0. The molecule has 0 aliphatic carbocycles. The molecule has 0 bridgehead atoms. The van der Waals surface area contributed by atoms with Crippen LogP contribution in [0.1, 0.15) is 27.2 Å². The number of ether oxygens (including phenoxy) is 1. The molecule has 0 heterocycles. The number of carboxylic acids is 1. The van der Waals surface area contributed by atoms with Crippen LogP contribution in [0.15, 0.2) is 0 Å². The third-order valence-corrected chi connectivity index (χ3v) is 1.12. The molecule has 6 heteroatoms. The van der Waals surface area contributed by atoms with Gasteiger partial charge < -0.3 is 15.6 Å². The van der Waals surface area contributed by atoms with Crippen molar-refractivity contribution in [3.63, 3.8) is 0 Å². The molecule has 0 unspecified atom stereocenters. The Morgan fingerprint density at radius 3 is 2.14 bits per heavy atom. The number of aliphatic carboxylic acids is 1. The van der Waals surface area contributed by atoms with Gasteiger partial charge in [-0.25, -0.2) is 0 Å². The van der Waals surface area contributed by atoms with Gasteiger partial charge in [-0.2, -0.15) is 0 Å². The van der Waals surface area contributed by atoms with Crippen molar-refractivity contribution >= 4 is 11.9 Å². The summed E-state index contributed by atoms with van der Waals surface area (Å²) >= 11 is 0. The van der Waals surface area contributed by atoms with Crippen LogP contribution in [-0.2, 0) is 31.4 Å². The third kappa shape index (κ3) is 8.04. The van der Waals surface area contributed by atoms with Crippen LogP contribution >= 0.6 is 0 Å². The standard InChI is InChI=1S/C8H15NO4.Cu/c1-8(2,3)13-6(10)4-5(9)7(11)12;/h5H,4,9H2,1-3H3,(H,11,12);/t5-;/m0./s1. The third-order valence-electron chi connectivity index (χ3n) is 1.12. The SMILES string of the molecule is CC(C)(C)OC(=O)C[C@H](N)C(=O)O.[Cu]. The van der Waals surface area contributed by atoms with E-state index < -0.39 is 23.6 Å². The molecule has 0 aliphatic rings. The largest absolute Gasteiger partial charge is 0.480 e. The first-order chi connectivity index (χ1) is 5.72. The van der Waals surface area contributed by atoms with Crippen molar-refractivity contribution in [2.45, 2.75) is 38.8 Å². The first-order valence-corrected chi connectivity index (χ1v) is 3.92. The molecule has 87 valence electrons. The van der Waals surface area contributed by atoms with Crippen molar-refractivity contribution in [3.05, 3.63) is 0 Å². The first-order valence-electron chi connectivity index (χ1n) is 3.92. The molecular weight excluding hydrogens is 238 g/mol. The fourth-order valence-electron chi connectivity index (χ4n) is 0.650. The minimum absolute atomic E-state index is 0. The Morgan fingerprint density at radius 1 is 1.43 bits per heavy atom. The van der Waals surface area contributed by atoms with E-state index in [4.69, 9.17) is 15.6 Å². The van der Waals surface area contributed by atoms with E-state index in [9.17, 15) is 9.59 Å². The smallest absolute Gasteiger partial charge is 0.321 e. The van der Waals surface area contributed by atoms with Crippen molar-refractivity contribution < 1.29 is 36.5 Å². The number of carboxylic acid groups (broad SMARTS) is 1. The van der Waals surface area contributed by atoms with Crippen molar-refractivity contribution in [1.82, 2.24) is 0 Å². The average molecular weight is 253 g/mol. The maximum atomic E-state index is 11.0. The monoisotopic (exact) mass is 252 g/mol. The molecular formula is C8H15CuNO4. The van der Waals surface area contributed by atoms with E-state index >= 15 is 0 Å². The summed E-state index contributed by atoms with van der Waals surface area (Å²) < 4.78 is 4.88. The van der Waals surface area contributed by atoms with Crippen molar-refractivity contribution in [1.29, 1.82) is 0 Å². The summed E-state index contributed by atoms with van der Waals surface area (Å²) in [7, 11) is 0. The van der Waals surface area contributed by atoms with E-state index in [1.54, 1.807) is 20.8 Å². The van der Waals surface area contributed by atoms with Crippen LogP contribution in [0.4, 0.5) is 0 Å². The average Bonchev–Trinajstić information content (AvgIpc) is 1.81. The van der Waals surface area contributed by atoms with Crippen LogP contribution in [0.5, 0.6) is 0 Å². The van der Waals surface area contributed by atoms with Gasteiger partial charge in [-0.3, -0.25) is 9.59 Å². The van der Waals surface area contributed by atoms with Crippen LogP contribution in [0, 0.1) is 0 Å². The summed E-state index contributed by atoms with van der Waals surface area (Å²) in [5, 5.41) is 8.40. The van der Waals surface area contributed by atoms with Gasteiger partial charge in [0, 0.05) is 17.1 Å². The van der Waals surface area contributed by atoms with Crippen LogP contribution in [0.2, 0.25) is 0 Å². The quantitative estimate of drug-likeness (QED) is 0.550. The van der Waals surface area contributed by atoms with Crippen molar-refractivity contribution in [2.24, 2.45) is 5.73 Å². The summed E-state index contributed by atoms with van der Waals surface area (Å²) in [5.74, 6) is -1.80. The zero-order valence-electron chi connectivity index (χ0n) is 8.34. The second-order valence-electron chi connectivity index (χ2n) is 3.74. The maximum Gasteiger partial charge on any atom is 0.321 e. The van der Waals surface area contributed by atoms with Gasteiger partial charge in [0.2, 0.25) is 0 Å². The van der Waals surface area contributed by atoms with E-state index in [1.807, 2.05) is 0 Å². The zero-order chi connectivity index (χ0) is 10.6. The van der Waals surface area contributed by atoms with Gasteiger partial charge in [0.15, 0.2) is 0 Å². The van der Waals surface area contributed by atoms with Crippen LogP contribution < -0.4 is 5.73 Å². The van der Waals surface area contributed by atoms with Gasteiger partial charge in [0.25, 0.3) is 0 Å². The summed E-state index contributed by atoms with van der Waals surface area (Å²) in [4.78, 5) is 21.3. The van der Waals surface area contributed by atoms with Crippen LogP contribution in [-0.4, -0.2) is 28.7 Å². The van der Waals surface area contributed by atoms with E-state index in [0.717, 1.165) is 0 Å². The molecule has 0 amide bonds. The predicted molar refractivity (Wildman–Crippen MR) is 46.1 cm³/mol. The van der Waals surface area contributed by atoms with Gasteiger partial charge in [-0.1, -0.05) is 0 Å². The summed E-state index contributed by atoms with van der Waals surface area (Å²) in [6, 6.07) is -1.19. The van der Waals surface area contributed by atoms with Gasteiger partial charge in [0.1, 0.15) is 11.6 Å². The molecule has 1 radical (unpaired) electrons. The van der Waals surface area contributed by atoms with Crippen molar-refractivity contribution in [3.8, 4) is 0 Å². The Hall–Kier alpha value is -0.581. The zero-order valence-corrected chi connectivity index (χ0v) is 9.28. The van der Waals surface area contributed by atoms with E-state index in [2.05, 4.69) is 0 Å². The summed E-state index contributed by atoms with van der Waals surface area (Å²) in [5.41, 5.74) is 4.53. The number of carbonyl (C=O) groups is 2. The minimum atomic E-state index is -1.20. The second kappa shape index (κ2) is 6.01. The molecule has 14 heavy (non-hydrogen) atoms. The van der Waals surface area contributed by atoms with E-state index in [-0.39, 0.29) is 23.5 Å². The molecule has 1 atom stereocenters. The minimum Gasteiger partial charge on any atom is -0.480 e. The van der Waals surface area contributed by atoms with E-state index in [0.29, 0.717) is 0 Å². The Bertz CT molecular complexity index is 212. The Morgan fingerprint density at radius 2 is 1.86 bits per heavy atom. The number of hydrogen-bond acceptors (Lipinski definition) is 4. The predicted octanol–water partition coefficient (Wildman–Crippen LogP) is 0.128. The fraction of sp³-hybridized carbons (Fsp3) is 0.750. The molecule has 0 aromatic heterocycles. The number of nitrogens with two attached hydrogens (primary N) is 1. The molecule has 5 nitrogen and oxygen atoms in total. The molecule has 0 rings (SSSR count). The molecule has 0 aliphatic heterocycles. The summed E-state index contributed by atoms with van der Waals surface area (Å²) in [6.45, 7) is 5.12. The topological polar surface area (TPSA) is 89.6 Å². The molecule has 3 N–H and O–H groups in total. The van der Waals surface area contributed by atoms with Crippen LogP contribution in [0.25, 0.3) is 0 Å². The normalized spacial score (nSPS) is 12.6. The Kier molecular flexibility index (Phi) is 6.81. The van der Waals surface area contributed by atoms with Gasteiger partial charge in [0.05, 0.1) is 6.42 Å². The molecule has 0 spiro atoms. The molecule has 0 saturated heterocycles.